The third-order valence-electron chi connectivity index (χ3n) is 5.07. The molecule has 1 aromatic carbocycles. The Hall–Kier alpha value is -2.02. The van der Waals surface area contributed by atoms with Crippen molar-refractivity contribution in [2.24, 2.45) is 7.05 Å². The quantitative estimate of drug-likeness (QED) is 0.839. The molecule has 1 fully saturated rings. The van der Waals surface area contributed by atoms with Crippen molar-refractivity contribution >= 4 is 32.3 Å². The Morgan fingerprint density at radius 2 is 2.15 bits per heavy atom. The largest absolute Gasteiger partial charge is 0.373 e. The second-order valence-electron chi connectivity index (χ2n) is 7.12. The monoisotopic (exact) mass is 377 g/mol. The van der Waals surface area contributed by atoms with Crippen molar-refractivity contribution in [1.29, 1.82) is 0 Å². The minimum atomic E-state index is -3.02. The minimum absolute atomic E-state index is 0.0399. The Labute approximate surface area is 155 Å². The Balaban J connectivity index is 1.78. The zero-order valence-electron chi connectivity index (χ0n) is 15.6. The summed E-state index contributed by atoms with van der Waals surface area (Å²) in [5, 5.41) is 4.40. The fourth-order valence-corrected chi connectivity index (χ4v) is 5.44. The van der Waals surface area contributed by atoms with Crippen molar-refractivity contribution in [3.8, 4) is 0 Å². The van der Waals surface area contributed by atoms with Crippen molar-refractivity contribution in [3.63, 3.8) is 0 Å². The van der Waals surface area contributed by atoms with E-state index in [-0.39, 0.29) is 23.5 Å². The number of aryl methyl sites for hydroxylation is 1. The van der Waals surface area contributed by atoms with E-state index in [1.807, 2.05) is 55.9 Å². The van der Waals surface area contributed by atoms with E-state index in [4.69, 9.17) is 0 Å². The smallest absolute Gasteiger partial charge is 0.245 e. The Morgan fingerprint density at radius 1 is 1.38 bits per heavy atom. The molecule has 1 aliphatic rings. The van der Waals surface area contributed by atoms with Gasteiger partial charge in [0, 0.05) is 42.4 Å². The Morgan fingerprint density at radius 3 is 2.81 bits per heavy atom. The van der Waals surface area contributed by atoms with Crippen LogP contribution < -0.4 is 5.32 Å². The van der Waals surface area contributed by atoms with Crippen molar-refractivity contribution in [2.45, 2.75) is 38.8 Å². The first kappa shape index (κ1) is 18.8. The van der Waals surface area contributed by atoms with Crippen molar-refractivity contribution in [1.82, 2.24) is 9.47 Å². The summed E-state index contributed by atoms with van der Waals surface area (Å²) in [6, 6.07) is 7.38. The molecule has 1 aliphatic heterocycles. The average molecular weight is 378 g/mol. The number of fused-ring (bicyclic) bond motifs is 1. The summed E-state index contributed by atoms with van der Waals surface area (Å²) in [5.74, 6) is 0.220. The normalized spacial score (nSPS) is 20.2. The molecule has 0 saturated carbocycles. The number of anilines is 1. The van der Waals surface area contributed by atoms with E-state index in [2.05, 4.69) is 5.32 Å². The van der Waals surface area contributed by atoms with Gasteiger partial charge in [-0.2, -0.15) is 0 Å². The highest BCUT2D eigenvalue weighted by atomic mass is 32.2. The SMILES string of the molecule is CCCN(C(=O)C(C)Nc1cccc2c1ccn2C)C1CCS(=O)(=O)C1. The van der Waals surface area contributed by atoms with Crippen molar-refractivity contribution in [2.75, 3.05) is 23.4 Å². The van der Waals surface area contributed by atoms with Gasteiger partial charge < -0.3 is 14.8 Å². The molecule has 26 heavy (non-hydrogen) atoms. The number of carbonyl (C=O) groups is 1. The molecular weight excluding hydrogens is 350 g/mol. The molecule has 1 aromatic heterocycles. The minimum Gasteiger partial charge on any atom is -0.373 e. The zero-order valence-corrected chi connectivity index (χ0v) is 16.4. The van der Waals surface area contributed by atoms with E-state index in [1.54, 1.807) is 4.90 Å². The standard InChI is InChI=1S/C19H27N3O3S/c1-4-10-22(15-9-12-26(24,25)13-15)19(23)14(2)20-17-6-5-7-18-16(17)8-11-21(18)3/h5-8,11,14-15,20H,4,9-10,12-13H2,1-3H3. The highest BCUT2D eigenvalue weighted by molar-refractivity contribution is 7.91. The van der Waals surface area contributed by atoms with Crippen LogP contribution in [0.25, 0.3) is 10.9 Å². The van der Waals surface area contributed by atoms with Gasteiger partial charge in [0.2, 0.25) is 5.91 Å². The van der Waals surface area contributed by atoms with Crippen LogP contribution in [0.3, 0.4) is 0 Å². The van der Waals surface area contributed by atoms with Gasteiger partial charge in [-0.15, -0.1) is 0 Å². The lowest BCUT2D eigenvalue weighted by molar-refractivity contribution is -0.133. The summed E-state index contributed by atoms with van der Waals surface area (Å²) in [6.07, 6.45) is 3.34. The number of sulfone groups is 1. The summed E-state index contributed by atoms with van der Waals surface area (Å²) < 4.78 is 25.7. The Bertz CT molecular complexity index is 904. The van der Waals surface area contributed by atoms with Gasteiger partial charge in [-0.3, -0.25) is 4.79 Å². The molecule has 142 valence electrons. The predicted molar refractivity (Wildman–Crippen MR) is 105 cm³/mol. The number of nitrogens with one attached hydrogen (secondary N) is 1. The highest BCUT2D eigenvalue weighted by Gasteiger charge is 2.35. The van der Waals surface area contributed by atoms with Gasteiger partial charge in [-0.1, -0.05) is 13.0 Å². The molecule has 3 rings (SSSR count). The summed E-state index contributed by atoms with van der Waals surface area (Å²) in [4.78, 5) is 14.8. The number of rotatable bonds is 6. The number of hydrogen-bond acceptors (Lipinski definition) is 4. The molecule has 1 N–H and O–H groups in total. The summed E-state index contributed by atoms with van der Waals surface area (Å²) in [5.41, 5.74) is 2.02. The van der Waals surface area contributed by atoms with Crippen LogP contribution in [0.4, 0.5) is 5.69 Å². The highest BCUT2D eigenvalue weighted by Crippen LogP contribution is 2.25. The van der Waals surface area contributed by atoms with Gasteiger partial charge in [-0.05, 0) is 38.0 Å². The van der Waals surface area contributed by atoms with Crippen molar-refractivity contribution < 1.29 is 13.2 Å². The molecular formula is C19H27N3O3S. The Kier molecular flexibility index (Phi) is 5.27. The number of hydrogen-bond donors (Lipinski definition) is 1. The van der Waals surface area contributed by atoms with Crippen LogP contribution in [0.2, 0.25) is 0 Å². The van der Waals surface area contributed by atoms with Crippen LogP contribution in [0.1, 0.15) is 26.7 Å². The second-order valence-corrected chi connectivity index (χ2v) is 9.35. The molecule has 6 nitrogen and oxygen atoms in total. The van der Waals surface area contributed by atoms with Gasteiger partial charge in [0.15, 0.2) is 9.84 Å². The summed E-state index contributed by atoms with van der Waals surface area (Å²) in [7, 11) is -1.03. The molecule has 1 amide bonds. The number of benzene rings is 1. The third-order valence-corrected chi connectivity index (χ3v) is 6.82. The van der Waals surface area contributed by atoms with Crippen LogP contribution >= 0.6 is 0 Å². The molecule has 0 radical (unpaired) electrons. The topological polar surface area (TPSA) is 71.4 Å². The lowest BCUT2D eigenvalue weighted by Crippen LogP contribution is -2.48. The van der Waals surface area contributed by atoms with E-state index in [1.165, 1.54) is 0 Å². The van der Waals surface area contributed by atoms with E-state index in [0.717, 1.165) is 23.0 Å². The second kappa shape index (κ2) is 7.31. The molecule has 2 atom stereocenters. The van der Waals surface area contributed by atoms with Crippen molar-refractivity contribution in [3.05, 3.63) is 30.5 Å². The van der Waals surface area contributed by atoms with Crippen LogP contribution in [-0.2, 0) is 21.7 Å². The van der Waals surface area contributed by atoms with Gasteiger partial charge in [0.1, 0.15) is 6.04 Å². The number of nitrogens with zero attached hydrogens (tertiary/aromatic N) is 2. The molecule has 0 aliphatic carbocycles. The van der Waals surface area contributed by atoms with E-state index >= 15 is 0 Å². The maximum Gasteiger partial charge on any atom is 0.245 e. The van der Waals surface area contributed by atoms with Gasteiger partial charge in [0.25, 0.3) is 0 Å². The van der Waals surface area contributed by atoms with Crippen LogP contribution in [0.15, 0.2) is 30.5 Å². The average Bonchev–Trinajstić information content (AvgIpc) is 3.15. The molecule has 0 spiro atoms. The molecule has 2 unspecified atom stereocenters. The first-order valence-corrected chi connectivity index (χ1v) is 11.0. The molecule has 1 saturated heterocycles. The molecule has 2 heterocycles. The maximum atomic E-state index is 13.0. The van der Waals surface area contributed by atoms with E-state index < -0.39 is 15.9 Å². The number of carbonyl (C=O) groups excluding carboxylic acids is 1. The predicted octanol–water partition coefficient (Wildman–Crippen LogP) is 2.40. The summed E-state index contributed by atoms with van der Waals surface area (Å²) >= 11 is 0. The lowest BCUT2D eigenvalue weighted by Gasteiger charge is -2.31. The van der Waals surface area contributed by atoms with Crippen LogP contribution in [0.5, 0.6) is 0 Å². The lowest BCUT2D eigenvalue weighted by atomic mass is 10.1. The number of aromatic nitrogens is 1. The first-order chi connectivity index (χ1) is 12.3. The van der Waals surface area contributed by atoms with Gasteiger partial charge in [0.05, 0.1) is 11.5 Å². The first-order valence-electron chi connectivity index (χ1n) is 9.14. The molecule has 0 bridgehead atoms. The van der Waals surface area contributed by atoms with Gasteiger partial charge in [-0.25, -0.2) is 8.42 Å². The summed E-state index contributed by atoms with van der Waals surface area (Å²) in [6.45, 7) is 4.43. The van der Waals surface area contributed by atoms with Crippen LogP contribution in [0, 0.1) is 0 Å². The third kappa shape index (κ3) is 3.72. The van der Waals surface area contributed by atoms with E-state index in [0.29, 0.717) is 13.0 Å². The van der Waals surface area contributed by atoms with Crippen LogP contribution in [-0.4, -0.2) is 53.9 Å². The fraction of sp³-hybridized carbons (Fsp3) is 0.526. The maximum absolute atomic E-state index is 13.0. The van der Waals surface area contributed by atoms with Gasteiger partial charge >= 0.3 is 0 Å². The zero-order chi connectivity index (χ0) is 18.9. The molecule has 2 aromatic rings. The molecule has 7 heteroatoms. The van der Waals surface area contributed by atoms with E-state index in [9.17, 15) is 13.2 Å². The number of amides is 1. The fourth-order valence-electron chi connectivity index (χ4n) is 3.71.